The van der Waals surface area contributed by atoms with Crippen LogP contribution in [0.1, 0.15) is 39.5 Å². The van der Waals surface area contributed by atoms with E-state index in [1.807, 2.05) is 6.92 Å². The van der Waals surface area contributed by atoms with Gasteiger partial charge in [0.05, 0.1) is 11.0 Å². The number of amides is 2. The fourth-order valence-electron chi connectivity index (χ4n) is 2.84. The minimum atomic E-state index is -0.343. The lowest BCUT2D eigenvalue weighted by Gasteiger charge is -2.30. The van der Waals surface area contributed by atoms with Crippen LogP contribution < -0.4 is 10.6 Å². The molecule has 0 aromatic heterocycles. The molecule has 132 valence electrons. The first kappa shape index (κ1) is 18.8. The van der Waals surface area contributed by atoms with Crippen LogP contribution in [-0.4, -0.2) is 28.9 Å². The van der Waals surface area contributed by atoms with Gasteiger partial charge >= 0.3 is 0 Å². The molecule has 0 saturated heterocycles. The Kier molecular flexibility index (Phi) is 7.09. The van der Waals surface area contributed by atoms with Crippen molar-refractivity contribution in [2.45, 2.75) is 50.8 Å². The number of carbonyl (C=O) groups excluding carboxylic acids is 2. The topological polar surface area (TPSA) is 58.2 Å². The lowest BCUT2D eigenvalue weighted by Crippen LogP contribution is -2.44. The third kappa shape index (κ3) is 5.82. The molecule has 1 aliphatic rings. The van der Waals surface area contributed by atoms with E-state index in [1.54, 1.807) is 0 Å². The number of nitrogens with one attached hydrogen (secondary N) is 2. The van der Waals surface area contributed by atoms with E-state index in [0.717, 1.165) is 19.3 Å². The summed E-state index contributed by atoms with van der Waals surface area (Å²) in [6.45, 7) is 4.00. The van der Waals surface area contributed by atoms with E-state index >= 15 is 0 Å². The van der Waals surface area contributed by atoms with Crippen molar-refractivity contribution in [3.63, 3.8) is 0 Å². The SMILES string of the molecule is CC(SCC(=O)Nc1ccc(F)cc1)C(=O)NC1CCCCC1C. The minimum absolute atomic E-state index is 0.00617. The van der Waals surface area contributed by atoms with E-state index in [4.69, 9.17) is 0 Å². The van der Waals surface area contributed by atoms with Gasteiger partial charge in [-0.3, -0.25) is 9.59 Å². The molecular weight excluding hydrogens is 327 g/mol. The molecule has 0 aliphatic heterocycles. The van der Waals surface area contributed by atoms with E-state index in [0.29, 0.717) is 11.6 Å². The highest BCUT2D eigenvalue weighted by atomic mass is 32.2. The average molecular weight is 352 g/mol. The molecule has 3 unspecified atom stereocenters. The second-order valence-electron chi connectivity index (χ2n) is 6.39. The summed E-state index contributed by atoms with van der Waals surface area (Å²) in [7, 11) is 0. The largest absolute Gasteiger partial charge is 0.352 e. The zero-order valence-corrected chi connectivity index (χ0v) is 15.0. The lowest BCUT2D eigenvalue weighted by atomic mass is 9.86. The molecule has 1 aromatic rings. The number of rotatable bonds is 6. The quantitative estimate of drug-likeness (QED) is 0.823. The maximum Gasteiger partial charge on any atom is 0.234 e. The average Bonchev–Trinajstić information content (AvgIpc) is 2.56. The summed E-state index contributed by atoms with van der Waals surface area (Å²) < 4.78 is 12.8. The number of hydrogen-bond donors (Lipinski definition) is 2. The van der Waals surface area contributed by atoms with Gasteiger partial charge in [-0.1, -0.05) is 19.8 Å². The smallest absolute Gasteiger partial charge is 0.234 e. The van der Waals surface area contributed by atoms with Crippen LogP contribution in [0.2, 0.25) is 0 Å². The number of carbonyl (C=O) groups is 2. The van der Waals surface area contributed by atoms with Gasteiger partial charge < -0.3 is 10.6 Å². The molecule has 6 heteroatoms. The Morgan fingerprint density at radius 3 is 2.58 bits per heavy atom. The Hall–Kier alpha value is -1.56. The summed E-state index contributed by atoms with van der Waals surface area (Å²) in [4.78, 5) is 24.2. The third-order valence-corrected chi connectivity index (χ3v) is 5.54. The normalized spacial score (nSPS) is 21.8. The van der Waals surface area contributed by atoms with Crippen molar-refractivity contribution in [2.75, 3.05) is 11.1 Å². The van der Waals surface area contributed by atoms with Crippen LogP contribution in [0.3, 0.4) is 0 Å². The molecule has 1 fully saturated rings. The van der Waals surface area contributed by atoms with Gasteiger partial charge in [0.2, 0.25) is 11.8 Å². The van der Waals surface area contributed by atoms with Crippen LogP contribution in [0.15, 0.2) is 24.3 Å². The number of hydrogen-bond acceptors (Lipinski definition) is 3. The van der Waals surface area contributed by atoms with Gasteiger partial charge in [-0.05, 0) is 49.9 Å². The second kappa shape index (κ2) is 9.06. The fourth-order valence-corrected chi connectivity index (χ4v) is 3.53. The van der Waals surface area contributed by atoms with Gasteiger partial charge in [-0.25, -0.2) is 4.39 Å². The van der Waals surface area contributed by atoms with E-state index < -0.39 is 0 Å². The maximum atomic E-state index is 12.8. The van der Waals surface area contributed by atoms with E-state index in [2.05, 4.69) is 17.6 Å². The standard InChI is InChI=1S/C18H25FN2O2S/c1-12-5-3-4-6-16(12)21-18(23)13(2)24-11-17(22)20-15-9-7-14(19)8-10-15/h7-10,12-13,16H,3-6,11H2,1-2H3,(H,20,22)(H,21,23). The summed E-state index contributed by atoms with van der Waals surface area (Å²) in [5.41, 5.74) is 0.551. The predicted molar refractivity (Wildman–Crippen MR) is 96.5 cm³/mol. The lowest BCUT2D eigenvalue weighted by molar-refractivity contribution is -0.121. The van der Waals surface area contributed by atoms with Gasteiger partial charge in [0, 0.05) is 11.7 Å². The Labute approximate surface area is 147 Å². The Balaban J connectivity index is 1.73. The summed E-state index contributed by atoms with van der Waals surface area (Å²) in [6.07, 6.45) is 4.60. The molecule has 1 aromatic carbocycles. The molecule has 2 N–H and O–H groups in total. The first-order chi connectivity index (χ1) is 11.5. The van der Waals surface area contributed by atoms with Crippen LogP contribution in [0.5, 0.6) is 0 Å². The zero-order valence-electron chi connectivity index (χ0n) is 14.2. The highest BCUT2D eigenvalue weighted by Crippen LogP contribution is 2.24. The summed E-state index contributed by atoms with van der Waals surface area (Å²) in [5.74, 6) is 0.156. The number of halogens is 1. The van der Waals surface area contributed by atoms with Crippen LogP contribution in [0.4, 0.5) is 10.1 Å². The Bertz CT molecular complexity index is 565. The van der Waals surface area contributed by atoms with E-state index in [1.165, 1.54) is 42.4 Å². The molecule has 0 spiro atoms. The molecule has 3 atom stereocenters. The maximum absolute atomic E-state index is 12.8. The summed E-state index contributed by atoms with van der Waals surface area (Å²) in [5, 5.41) is 5.53. The number of benzene rings is 1. The van der Waals surface area contributed by atoms with Gasteiger partial charge in [0.25, 0.3) is 0 Å². The molecule has 2 rings (SSSR count). The number of anilines is 1. The molecule has 0 bridgehead atoms. The molecule has 2 amide bonds. The highest BCUT2D eigenvalue weighted by Gasteiger charge is 2.25. The fraction of sp³-hybridized carbons (Fsp3) is 0.556. The third-order valence-electron chi connectivity index (χ3n) is 4.40. The molecule has 1 aliphatic carbocycles. The van der Waals surface area contributed by atoms with Crippen molar-refractivity contribution in [1.82, 2.24) is 5.32 Å². The molecule has 1 saturated carbocycles. The summed E-state index contributed by atoms with van der Waals surface area (Å²) >= 11 is 1.31. The molecule has 0 radical (unpaired) electrons. The Morgan fingerprint density at radius 2 is 1.92 bits per heavy atom. The van der Waals surface area contributed by atoms with E-state index in [9.17, 15) is 14.0 Å². The number of thioether (sulfide) groups is 1. The van der Waals surface area contributed by atoms with Crippen molar-refractivity contribution in [2.24, 2.45) is 5.92 Å². The van der Waals surface area contributed by atoms with Crippen LogP contribution in [-0.2, 0) is 9.59 Å². The molecule has 4 nitrogen and oxygen atoms in total. The van der Waals surface area contributed by atoms with Gasteiger partial charge in [-0.2, -0.15) is 0 Å². The van der Waals surface area contributed by atoms with Crippen molar-refractivity contribution in [3.05, 3.63) is 30.1 Å². The van der Waals surface area contributed by atoms with Crippen LogP contribution in [0.25, 0.3) is 0 Å². The monoisotopic (exact) mass is 352 g/mol. The van der Waals surface area contributed by atoms with Gasteiger partial charge in [-0.15, -0.1) is 11.8 Å². The van der Waals surface area contributed by atoms with Gasteiger partial charge in [0.1, 0.15) is 5.82 Å². The summed E-state index contributed by atoms with van der Waals surface area (Å²) in [6, 6.07) is 5.87. The first-order valence-electron chi connectivity index (χ1n) is 8.43. The van der Waals surface area contributed by atoms with Gasteiger partial charge in [0.15, 0.2) is 0 Å². The highest BCUT2D eigenvalue weighted by molar-refractivity contribution is 8.01. The molecule has 0 heterocycles. The Morgan fingerprint density at radius 1 is 1.25 bits per heavy atom. The molecule has 24 heavy (non-hydrogen) atoms. The van der Waals surface area contributed by atoms with Crippen LogP contribution >= 0.6 is 11.8 Å². The van der Waals surface area contributed by atoms with Crippen molar-refractivity contribution in [3.8, 4) is 0 Å². The molecular formula is C18H25FN2O2S. The van der Waals surface area contributed by atoms with Crippen molar-refractivity contribution >= 4 is 29.3 Å². The predicted octanol–water partition coefficient (Wildman–Crippen LogP) is 3.58. The van der Waals surface area contributed by atoms with E-state index in [-0.39, 0.29) is 34.7 Å². The van der Waals surface area contributed by atoms with Crippen LogP contribution in [0, 0.1) is 11.7 Å². The zero-order chi connectivity index (χ0) is 17.5. The van der Waals surface area contributed by atoms with Crippen molar-refractivity contribution < 1.29 is 14.0 Å². The van der Waals surface area contributed by atoms with Crippen molar-refractivity contribution in [1.29, 1.82) is 0 Å². The minimum Gasteiger partial charge on any atom is -0.352 e. The second-order valence-corrected chi connectivity index (χ2v) is 7.71. The first-order valence-corrected chi connectivity index (χ1v) is 9.48.